The number of aliphatic imine (C=N–C) groups is 1. The van der Waals surface area contributed by atoms with E-state index in [0.29, 0.717) is 24.1 Å². The lowest BCUT2D eigenvalue weighted by Crippen LogP contribution is -2.23. The van der Waals surface area contributed by atoms with Gasteiger partial charge in [0.15, 0.2) is 5.78 Å². The van der Waals surface area contributed by atoms with E-state index >= 15 is 0 Å². The first kappa shape index (κ1) is 18.2. The van der Waals surface area contributed by atoms with Crippen LogP contribution in [0.1, 0.15) is 31.7 Å². The molecule has 1 N–H and O–H groups in total. The third-order valence-electron chi connectivity index (χ3n) is 3.08. The maximum Gasteiger partial charge on any atom is 0.318 e. The molecule has 0 aliphatic carbocycles. The highest BCUT2D eigenvalue weighted by molar-refractivity contribution is 7.98. The van der Waals surface area contributed by atoms with Crippen LogP contribution in [0.4, 0.5) is 0 Å². The van der Waals surface area contributed by atoms with Gasteiger partial charge < -0.3 is 5.11 Å². The largest absolute Gasteiger partial charge is 0.480 e. The zero-order chi connectivity index (χ0) is 16.5. The van der Waals surface area contributed by atoms with E-state index in [4.69, 9.17) is 0 Å². The summed E-state index contributed by atoms with van der Waals surface area (Å²) in [5, 5.41) is 9.47. The van der Waals surface area contributed by atoms with Crippen LogP contribution in [0, 0.1) is 0 Å². The third kappa shape index (κ3) is 4.84. The summed E-state index contributed by atoms with van der Waals surface area (Å²) in [6, 6.07) is 7.05. The topological polar surface area (TPSA) is 66.7 Å². The van der Waals surface area contributed by atoms with Crippen molar-refractivity contribution in [1.82, 2.24) is 0 Å². The van der Waals surface area contributed by atoms with E-state index in [2.05, 4.69) is 4.99 Å². The second kappa shape index (κ2) is 9.20. The first-order chi connectivity index (χ1) is 10.5. The molecule has 0 fully saturated rings. The molecule has 0 spiro atoms. The highest BCUT2D eigenvalue weighted by Gasteiger charge is 2.29. The number of allylic oxidation sites excluding steroid dienone is 2. The van der Waals surface area contributed by atoms with Gasteiger partial charge >= 0.3 is 5.97 Å². The molecule has 1 aromatic carbocycles. The SMILES string of the molecule is CC/C=C(\C=N/CC)C(=O)C(C(=O)O)c1ccc(SC)cc1. The molecule has 1 atom stereocenters. The van der Waals surface area contributed by atoms with Crippen LogP contribution in [0.15, 0.2) is 45.8 Å². The normalized spacial score (nSPS) is 13.3. The summed E-state index contributed by atoms with van der Waals surface area (Å²) in [6.45, 7) is 4.31. The van der Waals surface area contributed by atoms with Crippen LogP contribution < -0.4 is 0 Å². The summed E-state index contributed by atoms with van der Waals surface area (Å²) in [7, 11) is 0. The highest BCUT2D eigenvalue weighted by Crippen LogP contribution is 2.24. The fourth-order valence-corrected chi connectivity index (χ4v) is 2.40. The molecule has 0 aliphatic heterocycles. The van der Waals surface area contributed by atoms with E-state index in [1.54, 1.807) is 30.0 Å². The Morgan fingerprint density at radius 1 is 1.27 bits per heavy atom. The maximum atomic E-state index is 12.6. The van der Waals surface area contributed by atoms with Gasteiger partial charge in [-0.3, -0.25) is 14.6 Å². The summed E-state index contributed by atoms with van der Waals surface area (Å²) in [5.41, 5.74) is 0.841. The number of aliphatic carboxylic acids is 1. The van der Waals surface area contributed by atoms with Crippen molar-refractivity contribution < 1.29 is 14.7 Å². The molecule has 4 nitrogen and oxygen atoms in total. The summed E-state index contributed by atoms with van der Waals surface area (Å²) >= 11 is 1.57. The number of carboxylic acid groups (broad SMARTS) is 1. The fraction of sp³-hybridized carbons (Fsp3) is 0.353. The fourth-order valence-electron chi connectivity index (χ4n) is 2.00. The highest BCUT2D eigenvalue weighted by atomic mass is 32.2. The van der Waals surface area contributed by atoms with Crippen LogP contribution in [0.25, 0.3) is 0 Å². The van der Waals surface area contributed by atoms with Crippen molar-refractivity contribution in [1.29, 1.82) is 0 Å². The molecular formula is C17H21NO3S. The zero-order valence-electron chi connectivity index (χ0n) is 13.1. The Kier molecular flexibility index (Phi) is 7.60. The summed E-state index contributed by atoms with van der Waals surface area (Å²) < 4.78 is 0. The Morgan fingerprint density at radius 2 is 1.91 bits per heavy atom. The zero-order valence-corrected chi connectivity index (χ0v) is 13.9. The molecule has 0 aromatic heterocycles. The molecule has 118 valence electrons. The molecule has 0 bridgehead atoms. The van der Waals surface area contributed by atoms with Crippen molar-refractivity contribution in [2.24, 2.45) is 4.99 Å². The van der Waals surface area contributed by atoms with Crippen LogP contribution in [-0.4, -0.2) is 35.9 Å². The quantitative estimate of drug-likeness (QED) is 0.344. The van der Waals surface area contributed by atoms with Gasteiger partial charge in [0.1, 0.15) is 5.92 Å². The Balaban J connectivity index is 3.17. The van der Waals surface area contributed by atoms with Gasteiger partial charge in [-0.25, -0.2) is 0 Å². The molecular weight excluding hydrogens is 298 g/mol. The van der Waals surface area contributed by atoms with Gasteiger partial charge in [0.05, 0.1) is 0 Å². The van der Waals surface area contributed by atoms with E-state index in [1.165, 1.54) is 6.21 Å². The Hall–Kier alpha value is -1.88. The Bertz CT molecular complexity index is 576. The average molecular weight is 319 g/mol. The second-order valence-corrected chi connectivity index (χ2v) is 5.48. The first-order valence-corrected chi connectivity index (χ1v) is 8.38. The van der Waals surface area contributed by atoms with Crippen LogP contribution in [0.5, 0.6) is 0 Å². The van der Waals surface area contributed by atoms with E-state index in [1.807, 2.05) is 32.2 Å². The molecule has 0 saturated heterocycles. The van der Waals surface area contributed by atoms with Crippen molar-refractivity contribution in [3.05, 3.63) is 41.5 Å². The number of carbonyl (C=O) groups excluding carboxylic acids is 1. The van der Waals surface area contributed by atoms with Gasteiger partial charge in [0.25, 0.3) is 0 Å². The number of hydrogen-bond acceptors (Lipinski definition) is 4. The average Bonchev–Trinajstić information content (AvgIpc) is 2.51. The number of thioether (sulfide) groups is 1. The van der Waals surface area contributed by atoms with E-state index in [0.717, 1.165) is 4.90 Å². The molecule has 5 heteroatoms. The van der Waals surface area contributed by atoms with Gasteiger partial charge in [-0.2, -0.15) is 0 Å². The van der Waals surface area contributed by atoms with Crippen molar-refractivity contribution in [3.63, 3.8) is 0 Å². The number of Topliss-reactive ketones (excluding diaryl/α,β-unsaturated/α-hetero) is 1. The van der Waals surface area contributed by atoms with Crippen LogP contribution in [0.3, 0.4) is 0 Å². The number of carbonyl (C=O) groups is 2. The van der Waals surface area contributed by atoms with Gasteiger partial charge in [-0.05, 0) is 37.3 Å². The minimum atomic E-state index is -1.20. The third-order valence-corrected chi connectivity index (χ3v) is 3.82. The Morgan fingerprint density at radius 3 is 2.36 bits per heavy atom. The number of rotatable bonds is 8. The van der Waals surface area contributed by atoms with Gasteiger partial charge in [-0.15, -0.1) is 11.8 Å². The Labute approximate surface area is 135 Å². The number of nitrogens with zero attached hydrogens (tertiary/aromatic N) is 1. The van der Waals surface area contributed by atoms with Crippen LogP contribution in [0.2, 0.25) is 0 Å². The lowest BCUT2D eigenvalue weighted by atomic mass is 9.90. The maximum absolute atomic E-state index is 12.6. The summed E-state index contributed by atoms with van der Waals surface area (Å²) in [6.07, 6.45) is 5.78. The molecule has 22 heavy (non-hydrogen) atoms. The standard InChI is InChI=1S/C17H21NO3S/c1-4-6-13(11-18-5-2)16(19)15(17(20)21)12-7-9-14(22-3)10-8-12/h6-11,15H,4-5H2,1-3H3,(H,20,21)/b13-6+,18-11-. The smallest absolute Gasteiger partial charge is 0.318 e. The van der Waals surface area contributed by atoms with E-state index in [-0.39, 0.29) is 0 Å². The molecule has 0 heterocycles. The van der Waals surface area contributed by atoms with Crippen molar-refractivity contribution in [2.45, 2.75) is 31.1 Å². The predicted molar refractivity (Wildman–Crippen MR) is 91.0 cm³/mol. The molecule has 1 unspecified atom stereocenters. The van der Waals surface area contributed by atoms with Crippen LogP contribution in [-0.2, 0) is 9.59 Å². The van der Waals surface area contributed by atoms with Crippen molar-refractivity contribution in [2.75, 3.05) is 12.8 Å². The number of benzene rings is 1. The molecule has 1 aromatic rings. The number of ketones is 1. The van der Waals surface area contributed by atoms with Gasteiger partial charge in [0, 0.05) is 23.2 Å². The molecule has 0 radical (unpaired) electrons. The van der Waals surface area contributed by atoms with Gasteiger partial charge in [-0.1, -0.05) is 25.1 Å². The van der Waals surface area contributed by atoms with Crippen LogP contribution >= 0.6 is 11.8 Å². The number of hydrogen-bond donors (Lipinski definition) is 1. The lowest BCUT2D eigenvalue weighted by Gasteiger charge is -2.13. The minimum absolute atomic E-state index is 0.352. The van der Waals surface area contributed by atoms with E-state index in [9.17, 15) is 14.7 Å². The first-order valence-electron chi connectivity index (χ1n) is 7.16. The second-order valence-electron chi connectivity index (χ2n) is 4.60. The summed E-state index contributed by atoms with van der Waals surface area (Å²) in [5.74, 6) is -2.77. The molecule has 0 aliphatic rings. The lowest BCUT2D eigenvalue weighted by molar-refractivity contribution is -0.141. The van der Waals surface area contributed by atoms with Crippen molar-refractivity contribution >= 4 is 29.7 Å². The van der Waals surface area contributed by atoms with E-state index < -0.39 is 17.7 Å². The monoisotopic (exact) mass is 319 g/mol. The number of carboxylic acids is 1. The predicted octanol–water partition coefficient (Wildman–Crippen LogP) is 3.57. The molecule has 0 amide bonds. The molecule has 1 rings (SSSR count). The van der Waals surface area contributed by atoms with Crippen molar-refractivity contribution in [3.8, 4) is 0 Å². The summed E-state index contributed by atoms with van der Waals surface area (Å²) in [4.78, 5) is 29.3. The molecule has 0 saturated carbocycles. The van der Waals surface area contributed by atoms with Gasteiger partial charge in [0.2, 0.25) is 0 Å². The minimum Gasteiger partial charge on any atom is -0.480 e.